The third-order valence-corrected chi connectivity index (χ3v) is 7.04. The minimum atomic E-state index is -0.346. The van der Waals surface area contributed by atoms with E-state index in [2.05, 4.69) is 0 Å². The molecule has 0 aliphatic carbocycles. The van der Waals surface area contributed by atoms with Gasteiger partial charge in [-0.2, -0.15) is 0 Å². The van der Waals surface area contributed by atoms with Gasteiger partial charge in [-0.05, 0) is 45.4 Å². The Kier molecular flexibility index (Phi) is 6.94. The zero-order valence-electron chi connectivity index (χ0n) is 19.6. The van der Waals surface area contributed by atoms with Gasteiger partial charge in [-0.3, -0.25) is 18.9 Å². The highest BCUT2D eigenvalue weighted by atomic mass is 32.2. The highest BCUT2D eigenvalue weighted by molar-refractivity contribution is 8.26. The Morgan fingerprint density at radius 2 is 1.94 bits per heavy atom. The van der Waals surface area contributed by atoms with Gasteiger partial charge in [0.2, 0.25) is 0 Å². The molecule has 0 saturated carbocycles. The second-order valence-corrected chi connectivity index (χ2v) is 10.1. The van der Waals surface area contributed by atoms with E-state index < -0.39 is 0 Å². The van der Waals surface area contributed by atoms with E-state index in [9.17, 15) is 14.4 Å². The zero-order chi connectivity index (χ0) is 24.6. The van der Waals surface area contributed by atoms with Crippen molar-refractivity contribution < 1.29 is 14.3 Å². The summed E-state index contributed by atoms with van der Waals surface area (Å²) >= 11 is 6.59. The van der Waals surface area contributed by atoms with Gasteiger partial charge in [-0.1, -0.05) is 30.0 Å². The van der Waals surface area contributed by atoms with Crippen LogP contribution in [0.15, 0.2) is 28.0 Å². The minimum absolute atomic E-state index is 0.0766. The van der Waals surface area contributed by atoms with Crippen molar-refractivity contribution in [1.29, 1.82) is 0 Å². The first-order chi connectivity index (χ1) is 16.2. The van der Waals surface area contributed by atoms with Gasteiger partial charge in [-0.25, -0.2) is 9.78 Å². The van der Waals surface area contributed by atoms with Crippen molar-refractivity contribution in [3.63, 3.8) is 0 Å². The molecule has 4 heterocycles. The number of hydrogen-bond donors (Lipinski definition) is 0. The maximum absolute atomic E-state index is 13.6. The summed E-state index contributed by atoms with van der Waals surface area (Å²) in [4.78, 5) is 49.1. The lowest BCUT2D eigenvalue weighted by Crippen LogP contribution is -2.49. The van der Waals surface area contributed by atoms with Crippen LogP contribution >= 0.6 is 24.0 Å². The van der Waals surface area contributed by atoms with Gasteiger partial charge in [0.05, 0.1) is 17.1 Å². The molecule has 0 N–H and O–H groups in total. The smallest absolute Gasteiger partial charge is 0.409 e. The number of amides is 2. The number of ether oxygens (including phenoxy) is 1. The monoisotopic (exact) mass is 501 g/mol. The van der Waals surface area contributed by atoms with Crippen molar-refractivity contribution in [3.8, 4) is 0 Å². The Bertz CT molecular complexity index is 1250. The highest BCUT2D eigenvalue weighted by Crippen LogP contribution is 2.34. The summed E-state index contributed by atoms with van der Waals surface area (Å²) in [5, 5.41) is 0. The predicted octanol–water partition coefficient (Wildman–Crippen LogP) is 2.89. The number of pyridine rings is 1. The summed E-state index contributed by atoms with van der Waals surface area (Å²) in [6.07, 6.45) is 3.00. The van der Waals surface area contributed by atoms with E-state index in [1.54, 1.807) is 35.1 Å². The van der Waals surface area contributed by atoms with Crippen molar-refractivity contribution in [2.45, 2.75) is 33.7 Å². The SMILES string of the molecule is CCOC(=O)N1CCN(c2nc3ccc(C)cn3c(=O)c2/C=C2/SC(=S)N(C(C)C)C2=O)CC1. The van der Waals surface area contributed by atoms with E-state index in [1.165, 1.54) is 16.2 Å². The molecule has 0 aromatic carbocycles. The zero-order valence-corrected chi connectivity index (χ0v) is 21.2. The van der Waals surface area contributed by atoms with Crippen LogP contribution in [0.5, 0.6) is 0 Å². The first-order valence-corrected chi connectivity index (χ1v) is 12.4. The molecule has 2 aromatic heterocycles. The van der Waals surface area contributed by atoms with E-state index in [4.69, 9.17) is 21.9 Å². The molecule has 2 aromatic rings. The summed E-state index contributed by atoms with van der Waals surface area (Å²) < 4.78 is 7.08. The van der Waals surface area contributed by atoms with Gasteiger partial charge in [-0.15, -0.1) is 0 Å². The van der Waals surface area contributed by atoms with Gasteiger partial charge in [0.25, 0.3) is 11.5 Å². The van der Waals surface area contributed by atoms with Crippen LogP contribution in [-0.4, -0.2) is 74.3 Å². The van der Waals surface area contributed by atoms with Crippen LogP contribution < -0.4 is 10.5 Å². The number of fused-ring (bicyclic) bond motifs is 1. The fourth-order valence-electron chi connectivity index (χ4n) is 3.99. The fourth-order valence-corrected chi connectivity index (χ4v) is 5.49. The molecule has 0 bridgehead atoms. The van der Waals surface area contributed by atoms with Crippen LogP contribution in [0.2, 0.25) is 0 Å². The van der Waals surface area contributed by atoms with Crippen LogP contribution in [0, 0.1) is 6.92 Å². The quantitative estimate of drug-likeness (QED) is 0.467. The molecule has 34 heavy (non-hydrogen) atoms. The lowest BCUT2D eigenvalue weighted by Gasteiger charge is -2.35. The largest absolute Gasteiger partial charge is 0.450 e. The van der Waals surface area contributed by atoms with Crippen LogP contribution in [0.3, 0.4) is 0 Å². The van der Waals surface area contributed by atoms with E-state index in [-0.39, 0.29) is 23.6 Å². The molecule has 2 aliphatic rings. The molecule has 2 aliphatic heterocycles. The molecule has 0 radical (unpaired) electrons. The minimum Gasteiger partial charge on any atom is -0.450 e. The number of carbonyl (C=O) groups is 2. The van der Waals surface area contributed by atoms with E-state index in [0.717, 1.165) is 5.56 Å². The maximum atomic E-state index is 13.6. The number of aromatic nitrogens is 2. The van der Waals surface area contributed by atoms with Gasteiger partial charge in [0, 0.05) is 38.4 Å². The molecule has 0 unspecified atom stereocenters. The molecule has 0 spiro atoms. The number of nitrogens with zero attached hydrogens (tertiary/aromatic N) is 5. The molecule has 11 heteroatoms. The summed E-state index contributed by atoms with van der Waals surface area (Å²) in [7, 11) is 0. The van der Waals surface area contributed by atoms with Crippen molar-refractivity contribution in [2.75, 3.05) is 37.7 Å². The number of piperazine rings is 1. The topological polar surface area (TPSA) is 87.5 Å². The van der Waals surface area contributed by atoms with E-state index in [0.29, 0.717) is 59.0 Å². The summed E-state index contributed by atoms with van der Waals surface area (Å²) in [5.74, 6) is 0.281. The Balaban J connectivity index is 1.77. The van der Waals surface area contributed by atoms with Crippen LogP contribution in [-0.2, 0) is 9.53 Å². The summed E-state index contributed by atoms with van der Waals surface area (Å²) in [6, 6.07) is 3.63. The molecule has 2 saturated heterocycles. The maximum Gasteiger partial charge on any atom is 0.409 e. The Morgan fingerprint density at radius 3 is 2.56 bits per heavy atom. The van der Waals surface area contributed by atoms with Crippen LogP contribution in [0.1, 0.15) is 31.9 Å². The Hall–Kier alpha value is -2.92. The number of anilines is 1. The second-order valence-electron chi connectivity index (χ2n) is 8.41. The van der Waals surface area contributed by atoms with Crippen LogP contribution in [0.4, 0.5) is 10.6 Å². The highest BCUT2D eigenvalue weighted by Gasteiger charge is 2.35. The third kappa shape index (κ3) is 4.54. The second kappa shape index (κ2) is 9.75. The van der Waals surface area contributed by atoms with Crippen molar-refractivity contribution >= 4 is 57.8 Å². The first-order valence-electron chi connectivity index (χ1n) is 11.2. The average molecular weight is 502 g/mol. The number of thiocarbonyl (C=S) groups is 1. The third-order valence-electron chi connectivity index (χ3n) is 5.71. The van der Waals surface area contributed by atoms with Crippen molar-refractivity contribution in [2.24, 2.45) is 0 Å². The number of hydrogen-bond acceptors (Lipinski definition) is 8. The molecular weight excluding hydrogens is 474 g/mol. The van der Waals surface area contributed by atoms with Gasteiger partial charge < -0.3 is 14.5 Å². The number of carbonyl (C=O) groups excluding carboxylic acids is 2. The molecule has 2 amide bonds. The van der Waals surface area contributed by atoms with Crippen LogP contribution in [0.25, 0.3) is 11.7 Å². The lowest BCUT2D eigenvalue weighted by molar-refractivity contribution is -0.123. The standard InChI is InChI=1S/C23H27N5O4S2/c1-5-32-22(31)26-10-8-25(9-11-26)19-16(12-17-21(30)28(14(2)3)23(33)34-17)20(29)27-13-15(4)6-7-18(27)24-19/h6-7,12-14H,5,8-11H2,1-4H3/b17-12+. The first kappa shape index (κ1) is 24.2. The molecule has 0 atom stereocenters. The molecular formula is C23H27N5O4S2. The number of thioether (sulfide) groups is 1. The molecule has 180 valence electrons. The van der Waals surface area contributed by atoms with Gasteiger partial charge >= 0.3 is 6.09 Å². The van der Waals surface area contributed by atoms with E-state index >= 15 is 0 Å². The Labute approximate surface area is 207 Å². The molecule has 2 fully saturated rings. The van der Waals surface area contributed by atoms with Crippen molar-refractivity contribution in [1.82, 2.24) is 19.2 Å². The molecule has 9 nitrogen and oxygen atoms in total. The Morgan fingerprint density at radius 1 is 1.24 bits per heavy atom. The van der Waals surface area contributed by atoms with Gasteiger partial charge in [0.1, 0.15) is 15.8 Å². The number of rotatable bonds is 4. The normalized spacial score (nSPS) is 18.0. The predicted molar refractivity (Wildman–Crippen MR) is 137 cm³/mol. The van der Waals surface area contributed by atoms with E-state index in [1.807, 2.05) is 31.7 Å². The molecule has 4 rings (SSSR count). The van der Waals surface area contributed by atoms with Gasteiger partial charge in [0.15, 0.2) is 0 Å². The summed E-state index contributed by atoms with van der Waals surface area (Å²) in [5.41, 5.74) is 1.51. The fraction of sp³-hybridized carbons (Fsp3) is 0.435. The number of aryl methyl sites for hydroxylation is 1. The summed E-state index contributed by atoms with van der Waals surface area (Å²) in [6.45, 7) is 9.67. The average Bonchev–Trinajstić information content (AvgIpc) is 3.09. The lowest BCUT2D eigenvalue weighted by atomic mass is 10.2. The van der Waals surface area contributed by atoms with Crippen molar-refractivity contribution in [3.05, 3.63) is 44.7 Å².